The molecular formula is C22H22BrN3O5S2. The summed E-state index contributed by atoms with van der Waals surface area (Å²) in [5.41, 5.74) is 1.64. The van der Waals surface area contributed by atoms with Gasteiger partial charge in [0, 0.05) is 28.0 Å². The first-order chi connectivity index (χ1) is 15.5. The van der Waals surface area contributed by atoms with Gasteiger partial charge < -0.3 is 5.32 Å². The van der Waals surface area contributed by atoms with Gasteiger partial charge in [0.25, 0.3) is 15.9 Å². The number of carbonyl (C=O) groups excluding carboxylic acids is 1. The maximum atomic E-state index is 12.6. The highest BCUT2D eigenvalue weighted by molar-refractivity contribution is 9.10. The third-order valence-corrected chi connectivity index (χ3v) is 7.82. The molecule has 0 aromatic heterocycles. The van der Waals surface area contributed by atoms with Gasteiger partial charge in [-0.15, -0.1) is 0 Å². The van der Waals surface area contributed by atoms with Crippen molar-refractivity contribution >= 4 is 58.9 Å². The van der Waals surface area contributed by atoms with Crippen molar-refractivity contribution in [3.05, 3.63) is 82.8 Å². The first-order valence-corrected chi connectivity index (χ1v) is 13.9. The Morgan fingerprint density at radius 3 is 1.91 bits per heavy atom. The standard InChI is InChI=1S/C22H22BrN3O5S2/c1-3-26(32(2,28)29)20-12-4-16(5-13-20)22(27)24-18-10-14-21(15-11-18)33(30,31)25-19-8-6-17(23)7-9-19/h4-15,25H,3H2,1-2H3,(H,24,27). The maximum Gasteiger partial charge on any atom is 0.261 e. The highest BCUT2D eigenvalue weighted by Gasteiger charge is 2.17. The van der Waals surface area contributed by atoms with Gasteiger partial charge in [-0.1, -0.05) is 15.9 Å². The molecular weight excluding hydrogens is 530 g/mol. The van der Waals surface area contributed by atoms with E-state index in [1.54, 1.807) is 43.3 Å². The van der Waals surface area contributed by atoms with Crippen LogP contribution in [0.4, 0.5) is 17.1 Å². The van der Waals surface area contributed by atoms with E-state index in [1.165, 1.54) is 40.7 Å². The van der Waals surface area contributed by atoms with Crippen LogP contribution in [0.1, 0.15) is 17.3 Å². The lowest BCUT2D eigenvalue weighted by Crippen LogP contribution is -2.29. The third kappa shape index (κ3) is 6.34. The van der Waals surface area contributed by atoms with E-state index in [0.29, 0.717) is 22.6 Å². The Kier molecular flexibility index (Phi) is 7.45. The van der Waals surface area contributed by atoms with Crippen molar-refractivity contribution in [1.82, 2.24) is 0 Å². The van der Waals surface area contributed by atoms with Crippen LogP contribution in [0.15, 0.2) is 82.2 Å². The number of hydrogen-bond donors (Lipinski definition) is 2. The molecule has 0 aliphatic rings. The van der Waals surface area contributed by atoms with Crippen LogP contribution in [0.5, 0.6) is 0 Å². The lowest BCUT2D eigenvalue weighted by molar-refractivity contribution is 0.102. The molecule has 1 amide bonds. The Morgan fingerprint density at radius 1 is 0.848 bits per heavy atom. The van der Waals surface area contributed by atoms with Gasteiger partial charge in [-0.3, -0.25) is 13.8 Å². The van der Waals surface area contributed by atoms with Crippen molar-refractivity contribution in [3.63, 3.8) is 0 Å². The molecule has 0 spiro atoms. The van der Waals surface area contributed by atoms with Gasteiger partial charge >= 0.3 is 0 Å². The fraction of sp³-hybridized carbons (Fsp3) is 0.136. The van der Waals surface area contributed by atoms with Gasteiger partial charge in [-0.05, 0) is 79.7 Å². The van der Waals surface area contributed by atoms with Gasteiger partial charge in [0.05, 0.1) is 16.8 Å². The molecule has 0 aliphatic heterocycles. The molecule has 0 atom stereocenters. The van der Waals surface area contributed by atoms with E-state index in [9.17, 15) is 21.6 Å². The average Bonchev–Trinajstić information content (AvgIpc) is 2.75. The van der Waals surface area contributed by atoms with Crippen molar-refractivity contribution in [3.8, 4) is 0 Å². The van der Waals surface area contributed by atoms with Crippen molar-refractivity contribution in [2.24, 2.45) is 0 Å². The van der Waals surface area contributed by atoms with Gasteiger partial charge in [0.1, 0.15) is 0 Å². The molecule has 3 aromatic rings. The molecule has 8 nitrogen and oxygen atoms in total. The number of anilines is 3. The van der Waals surface area contributed by atoms with Crippen LogP contribution in [-0.4, -0.2) is 35.5 Å². The zero-order chi connectivity index (χ0) is 24.2. The van der Waals surface area contributed by atoms with E-state index in [4.69, 9.17) is 0 Å². The summed E-state index contributed by atoms with van der Waals surface area (Å²) < 4.78 is 53.4. The molecule has 33 heavy (non-hydrogen) atoms. The quantitative estimate of drug-likeness (QED) is 0.433. The molecule has 0 unspecified atom stereocenters. The lowest BCUT2D eigenvalue weighted by Gasteiger charge is -2.20. The van der Waals surface area contributed by atoms with E-state index < -0.39 is 26.0 Å². The van der Waals surface area contributed by atoms with Crippen LogP contribution in [0.3, 0.4) is 0 Å². The topological polar surface area (TPSA) is 113 Å². The Morgan fingerprint density at radius 2 is 1.39 bits per heavy atom. The van der Waals surface area contributed by atoms with Crippen LogP contribution >= 0.6 is 15.9 Å². The van der Waals surface area contributed by atoms with E-state index in [1.807, 2.05) is 0 Å². The molecule has 0 aliphatic carbocycles. The minimum Gasteiger partial charge on any atom is -0.322 e. The number of nitrogens with zero attached hydrogens (tertiary/aromatic N) is 1. The van der Waals surface area contributed by atoms with Crippen molar-refractivity contribution in [2.45, 2.75) is 11.8 Å². The van der Waals surface area contributed by atoms with Gasteiger partial charge in [0.15, 0.2) is 0 Å². The van der Waals surface area contributed by atoms with E-state index in [2.05, 4.69) is 26.0 Å². The molecule has 0 radical (unpaired) electrons. The number of halogens is 1. The fourth-order valence-electron chi connectivity index (χ4n) is 3.04. The molecule has 0 heterocycles. The predicted molar refractivity (Wildman–Crippen MR) is 134 cm³/mol. The smallest absolute Gasteiger partial charge is 0.261 e. The maximum absolute atomic E-state index is 12.6. The molecule has 0 saturated carbocycles. The van der Waals surface area contributed by atoms with Gasteiger partial charge in [0.2, 0.25) is 10.0 Å². The number of benzene rings is 3. The summed E-state index contributed by atoms with van der Waals surface area (Å²) in [6, 6.07) is 18.7. The monoisotopic (exact) mass is 551 g/mol. The third-order valence-electron chi connectivity index (χ3n) is 4.62. The normalized spacial score (nSPS) is 11.6. The first-order valence-electron chi connectivity index (χ1n) is 9.77. The second-order valence-corrected chi connectivity index (χ2v) is 11.6. The van der Waals surface area contributed by atoms with Crippen LogP contribution in [0.25, 0.3) is 0 Å². The van der Waals surface area contributed by atoms with Crippen molar-refractivity contribution < 1.29 is 21.6 Å². The molecule has 3 rings (SSSR count). The Bertz CT molecular complexity index is 1340. The van der Waals surface area contributed by atoms with Crippen LogP contribution in [-0.2, 0) is 20.0 Å². The van der Waals surface area contributed by atoms with E-state index in [0.717, 1.165) is 10.7 Å². The average molecular weight is 552 g/mol. The molecule has 0 saturated heterocycles. The second kappa shape index (κ2) is 9.94. The van der Waals surface area contributed by atoms with Crippen LogP contribution < -0.4 is 14.3 Å². The predicted octanol–water partition coefficient (Wildman–Crippen LogP) is 4.29. The highest BCUT2D eigenvalue weighted by Crippen LogP contribution is 2.21. The number of carbonyl (C=O) groups is 1. The number of nitrogens with one attached hydrogen (secondary N) is 2. The zero-order valence-electron chi connectivity index (χ0n) is 17.8. The fourth-order valence-corrected chi connectivity index (χ4v) is 5.34. The van der Waals surface area contributed by atoms with E-state index >= 15 is 0 Å². The largest absolute Gasteiger partial charge is 0.322 e. The van der Waals surface area contributed by atoms with Crippen LogP contribution in [0, 0.1) is 0 Å². The van der Waals surface area contributed by atoms with Gasteiger partial charge in [-0.25, -0.2) is 16.8 Å². The summed E-state index contributed by atoms with van der Waals surface area (Å²) in [6.07, 6.45) is 1.12. The van der Waals surface area contributed by atoms with Crippen molar-refractivity contribution in [1.29, 1.82) is 0 Å². The Labute approximate surface area is 201 Å². The molecule has 11 heteroatoms. The summed E-state index contributed by atoms with van der Waals surface area (Å²) in [6.45, 7) is 2.00. The van der Waals surface area contributed by atoms with Crippen LogP contribution in [0.2, 0.25) is 0 Å². The summed E-state index contributed by atoms with van der Waals surface area (Å²) in [5, 5.41) is 2.69. The lowest BCUT2D eigenvalue weighted by atomic mass is 10.2. The molecule has 3 aromatic carbocycles. The number of amides is 1. The highest BCUT2D eigenvalue weighted by atomic mass is 79.9. The minimum absolute atomic E-state index is 0.0493. The van der Waals surface area contributed by atoms with Crippen molar-refractivity contribution in [2.75, 3.05) is 27.1 Å². The molecule has 174 valence electrons. The number of sulfonamides is 2. The first kappa shape index (κ1) is 24.7. The number of hydrogen-bond acceptors (Lipinski definition) is 5. The summed E-state index contributed by atoms with van der Waals surface area (Å²) in [7, 11) is -7.19. The summed E-state index contributed by atoms with van der Waals surface area (Å²) in [5.74, 6) is -0.410. The SMILES string of the molecule is CCN(c1ccc(C(=O)Nc2ccc(S(=O)(=O)Nc3ccc(Br)cc3)cc2)cc1)S(C)(=O)=O. The minimum atomic E-state index is -3.78. The van der Waals surface area contributed by atoms with Gasteiger partial charge in [-0.2, -0.15) is 0 Å². The molecule has 0 fully saturated rings. The Hall–Kier alpha value is -2.89. The summed E-state index contributed by atoms with van der Waals surface area (Å²) >= 11 is 3.30. The number of rotatable bonds is 8. The molecule has 0 bridgehead atoms. The second-order valence-electron chi connectivity index (χ2n) is 7.07. The van der Waals surface area contributed by atoms with E-state index in [-0.39, 0.29) is 11.4 Å². The zero-order valence-corrected chi connectivity index (χ0v) is 21.0. The summed E-state index contributed by atoms with van der Waals surface area (Å²) in [4.78, 5) is 12.6. The molecule has 2 N–H and O–H groups in total. The Balaban J connectivity index is 1.69.